The summed E-state index contributed by atoms with van der Waals surface area (Å²) in [6.07, 6.45) is 0.825. The van der Waals surface area contributed by atoms with Gasteiger partial charge in [-0.15, -0.1) is 0 Å². The summed E-state index contributed by atoms with van der Waals surface area (Å²) in [6.45, 7) is 4.27. The zero-order chi connectivity index (χ0) is 10.6. The second kappa shape index (κ2) is 5.01. The van der Waals surface area contributed by atoms with Crippen LogP contribution < -0.4 is 0 Å². The minimum absolute atomic E-state index is 0.299. The van der Waals surface area contributed by atoms with Crippen LogP contribution in [0.1, 0.15) is 29.3 Å². The van der Waals surface area contributed by atoms with Crippen LogP contribution in [0.25, 0.3) is 0 Å². The third-order valence-electron chi connectivity index (χ3n) is 1.86. The largest absolute Gasteiger partial charge is 0.462 e. The van der Waals surface area contributed by atoms with Crippen molar-refractivity contribution in [1.29, 1.82) is 0 Å². The molecule has 0 unspecified atom stereocenters. The first-order chi connectivity index (χ1) is 6.65. The SMILES string of the molecule is CCCOC(=O)c1cc(Cl)ccc1C. The van der Waals surface area contributed by atoms with E-state index < -0.39 is 0 Å². The molecule has 2 nitrogen and oxygen atoms in total. The molecule has 0 saturated heterocycles. The maximum absolute atomic E-state index is 11.5. The Labute approximate surface area is 88.8 Å². The number of rotatable bonds is 3. The molecule has 0 atom stereocenters. The number of ether oxygens (including phenoxy) is 1. The van der Waals surface area contributed by atoms with Gasteiger partial charge < -0.3 is 4.74 Å². The Hall–Kier alpha value is -1.02. The molecule has 14 heavy (non-hydrogen) atoms. The Morgan fingerprint density at radius 3 is 2.86 bits per heavy atom. The van der Waals surface area contributed by atoms with Crippen molar-refractivity contribution in [1.82, 2.24) is 0 Å². The fourth-order valence-corrected chi connectivity index (χ4v) is 1.26. The highest BCUT2D eigenvalue weighted by Gasteiger charge is 2.10. The molecule has 0 aliphatic carbocycles. The van der Waals surface area contributed by atoms with Gasteiger partial charge in [0.15, 0.2) is 0 Å². The van der Waals surface area contributed by atoms with E-state index in [-0.39, 0.29) is 5.97 Å². The number of benzene rings is 1. The van der Waals surface area contributed by atoms with E-state index in [0.29, 0.717) is 17.2 Å². The van der Waals surface area contributed by atoms with E-state index in [2.05, 4.69) is 0 Å². The van der Waals surface area contributed by atoms with E-state index in [1.165, 1.54) is 0 Å². The molecule has 0 saturated carbocycles. The minimum Gasteiger partial charge on any atom is -0.462 e. The maximum Gasteiger partial charge on any atom is 0.338 e. The first-order valence-electron chi connectivity index (χ1n) is 4.58. The summed E-state index contributed by atoms with van der Waals surface area (Å²) in [7, 11) is 0. The number of esters is 1. The molecule has 0 radical (unpaired) electrons. The molecular weight excluding hydrogens is 200 g/mol. The van der Waals surface area contributed by atoms with Gasteiger partial charge in [0.2, 0.25) is 0 Å². The van der Waals surface area contributed by atoms with Gasteiger partial charge >= 0.3 is 5.97 Å². The van der Waals surface area contributed by atoms with Crippen molar-refractivity contribution in [2.24, 2.45) is 0 Å². The standard InChI is InChI=1S/C11H13ClO2/c1-3-6-14-11(13)10-7-9(12)5-4-8(10)2/h4-5,7H,3,6H2,1-2H3. The summed E-state index contributed by atoms with van der Waals surface area (Å²) in [5, 5.41) is 0.555. The fraction of sp³-hybridized carbons (Fsp3) is 0.364. The number of hydrogen-bond acceptors (Lipinski definition) is 2. The number of carbonyl (C=O) groups is 1. The Bertz CT molecular complexity index is 334. The lowest BCUT2D eigenvalue weighted by Gasteiger charge is -2.06. The van der Waals surface area contributed by atoms with Crippen LogP contribution in [0.15, 0.2) is 18.2 Å². The van der Waals surface area contributed by atoms with E-state index in [1.807, 2.05) is 19.9 Å². The van der Waals surface area contributed by atoms with Crippen LogP contribution in [0, 0.1) is 6.92 Å². The first kappa shape index (κ1) is 11.1. The van der Waals surface area contributed by atoms with Gasteiger partial charge in [-0.1, -0.05) is 24.6 Å². The highest BCUT2D eigenvalue weighted by molar-refractivity contribution is 6.31. The lowest BCUT2D eigenvalue weighted by molar-refractivity contribution is 0.0504. The van der Waals surface area contributed by atoms with Crippen molar-refractivity contribution in [3.63, 3.8) is 0 Å². The molecule has 1 aromatic rings. The second-order valence-corrected chi connectivity index (χ2v) is 3.53. The quantitative estimate of drug-likeness (QED) is 0.720. The predicted molar refractivity (Wildman–Crippen MR) is 56.8 cm³/mol. The average molecular weight is 213 g/mol. The second-order valence-electron chi connectivity index (χ2n) is 3.10. The van der Waals surface area contributed by atoms with Crippen LogP contribution >= 0.6 is 11.6 Å². The molecule has 0 aromatic heterocycles. The van der Waals surface area contributed by atoms with Crippen molar-refractivity contribution in [2.45, 2.75) is 20.3 Å². The normalized spacial score (nSPS) is 9.93. The lowest BCUT2D eigenvalue weighted by Crippen LogP contribution is -2.07. The molecular formula is C11H13ClO2. The lowest BCUT2D eigenvalue weighted by atomic mass is 10.1. The smallest absolute Gasteiger partial charge is 0.338 e. The summed E-state index contributed by atoms with van der Waals surface area (Å²) >= 11 is 5.79. The zero-order valence-corrected chi connectivity index (χ0v) is 9.10. The summed E-state index contributed by atoms with van der Waals surface area (Å²) in [5.74, 6) is -0.299. The van der Waals surface area contributed by atoms with Crippen LogP contribution in [0.5, 0.6) is 0 Å². The summed E-state index contributed by atoms with van der Waals surface area (Å²) in [5.41, 5.74) is 1.43. The summed E-state index contributed by atoms with van der Waals surface area (Å²) < 4.78 is 5.02. The van der Waals surface area contributed by atoms with Crippen molar-refractivity contribution in [2.75, 3.05) is 6.61 Å². The van der Waals surface area contributed by atoms with E-state index in [4.69, 9.17) is 16.3 Å². The Morgan fingerprint density at radius 1 is 1.50 bits per heavy atom. The summed E-state index contributed by atoms with van der Waals surface area (Å²) in [6, 6.07) is 5.20. The molecule has 0 N–H and O–H groups in total. The Balaban J connectivity index is 2.83. The molecule has 3 heteroatoms. The molecule has 76 valence electrons. The average Bonchev–Trinajstić information content (AvgIpc) is 2.18. The third-order valence-corrected chi connectivity index (χ3v) is 2.09. The third kappa shape index (κ3) is 2.74. The molecule has 0 heterocycles. The zero-order valence-electron chi connectivity index (χ0n) is 8.34. The number of aryl methyl sites for hydroxylation is 1. The number of carbonyl (C=O) groups excluding carboxylic acids is 1. The van der Waals surface area contributed by atoms with Crippen LogP contribution in [0.3, 0.4) is 0 Å². The van der Waals surface area contributed by atoms with Gasteiger partial charge in [-0.25, -0.2) is 4.79 Å². The number of hydrogen-bond donors (Lipinski definition) is 0. The molecule has 0 bridgehead atoms. The molecule has 1 aromatic carbocycles. The molecule has 1 rings (SSSR count). The van der Waals surface area contributed by atoms with Gasteiger partial charge in [-0.3, -0.25) is 0 Å². The van der Waals surface area contributed by atoms with Gasteiger partial charge in [0, 0.05) is 5.02 Å². The highest BCUT2D eigenvalue weighted by atomic mass is 35.5. The highest BCUT2D eigenvalue weighted by Crippen LogP contribution is 2.16. The van der Waals surface area contributed by atoms with Crippen molar-refractivity contribution in [3.05, 3.63) is 34.3 Å². The van der Waals surface area contributed by atoms with Crippen molar-refractivity contribution in [3.8, 4) is 0 Å². The van der Waals surface area contributed by atoms with Crippen LogP contribution in [-0.2, 0) is 4.74 Å². The van der Waals surface area contributed by atoms with Gasteiger partial charge in [-0.05, 0) is 31.0 Å². The molecule has 0 aliphatic heterocycles. The fourth-order valence-electron chi connectivity index (χ4n) is 1.09. The minimum atomic E-state index is -0.299. The Kier molecular flexibility index (Phi) is 3.96. The monoisotopic (exact) mass is 212 g/mol. The van der Waals surface area contributed by atoms with Crippen molar-refractivity contribution < 1.29 is 9.53 Å². The first-order valence-corrected chi connectivity index (χ1v) is 4.96. The molecule has 0 aliphatic rings. The number of halogens is 1. The van der Waals surface area contributed by atoms with E-state index in [0.717, 1.165) is 12.0 Å². The predicted octanol–water partition coefficient (Wildman–Crippen LogP) is 3.22. The maximum atomic E-state index is 11.5. The topological polar surface area (TPSA) is 26.3 Å². The Morgan fingerprint density at radius 2 is 2.21 bits per heavy atom. The molecule has 0 amide bonds. The van der Waals surface area contributed by atoms with Crippen LogP contribution in [0.4, 0.5) is 0 Å². The van der Waals surface area contributed by atoms with Gasteiger partial charge in [0.05, 0.1) is 12.2 Å². The van der Waals surface area contributed by atoms with Crippen LogP contribution in [-0.4, -0.2) is 12.6 Å². The van der Waals surface area contributed by atoms with Gasteiger partial charge in [-0.2, -0.15) is 0 Å². The molecule has 0 fully saturated rings. The van der Waals surface area contributed by atoms with E-state index in [1.54, 1.807) is 12.1 Å². The van der Waals surface area contributed by atoms with Crippen molar-refractivity contribution >= 4 is 17.6 Å². The van der Waals surface area contributed by atoms with E-state index >= 15 is 0 Å². The van der Waals surface area contributed by atoms with Crippen LogP contribution in [0.2, 0.25) is 5.02 Å². The van der Waals surface area contributed by atoms with E-state index in [9.17, 15) is 4.79 Å². The van der Waals surface area contributed by atoms with Gasteiger partial charge in [0.25, 0.3) is 0 Å². The summed E-state index contributed by atoms with van der Waals surface area (Å²) in [4.78, 5) is 11.5. The van der Waals surface area contributed by atoms with Gasteiger partial charge in [0.1, 0.15) is 0 Å². The molecule has 0 spiro atoms.